The zero-order valence-corrected chi connectivity index (χ0v) is 26.7. The van der Waals surface area contributed by atoms with Gasteiger partial charge in [-0.2, -0.15) is 0 Å². The van der Waals surface area contributed by atoms with Gasteiger partial charge in [-0.1, -0.05) is 36.2 Å². The molecule has 2 saturated heterocycles. The molecule has 44 heavy (non-hydrogen) atoms. The van der Waals surface area contributed by atoms with Gasteiger partial charge < -0.3 is 19.6 Å². The molecular weight excluding hydrogens is 544 g/mol. The summed E-state index contributed by atoms with van der Waals surface area (Å²) in [6.07, 6.45) is 7.06. The third-order valence-corrected chi connectivity index (χ3v) is 10.2. The van der Waals surface area contributed by atoms with Crippen molar-refractivity contribution >= 4 is 27.9 Å². The Bertz CT molecular complexity index is 1810. The van der Waals surface area contributed by atoms with Crippen LogP contribution in [-0.4, -0.2) is 45.9 Å². The van der Waals surface area contributed by atoms with Gasteiger partial charge in [0, 0.05) is 29.5 Å². The number of benzene rings is 3. The lowest BCUT2D eigenvalue weighted by atomic mass is 9.81. The number of amides is 1. The summed E-state index contributed by atoms with van der Waals surface area (Å²) in [7, 11) is 0. The molecule has 2 N–H and O–H groups in total. The average Bonchev–Trinajstić information content (AvgIpc) is 3.80. The highest BCUT2D eigenvalue weighted by molar-refractivity contribution is 5.95. The lowest BCUT2D eigenvalue weighted by Crippen LogP contribution is -2.45. The predicted molar refractivity (Wildman–Crippen MR) is 178 cm³/mol. The Morgan fingerprint density at radius 2 is 1.75 bits per heavy atom. The molecule has 7 rings (SSSR count). The van der Waals surface area contributed by atoms with E-state index in [9.17, 15) is 4.79 Å². The number of H-pyrrole nitrogens is 1. The van der Waals surface area contributed by atoms with Gasteiger partial charge in [-0.25, -0.2) is 4.98 Å². The second kappa shape index (κ2) is 11.2. The largest absolute Gasteiger partial charge is 0.443 e. The third kappa shape index (κ3) is 5.13. The molecule has 2 fully saturated rings. The summed E-state index contributed by atoms with van der Waals surface area (Å²) < 4.78 is 5.40. The van der Waals surface area contributed by atoms with Crippen LogP contribution in [-0.2, 0) is 16.6 Å². The van der Waals surface area contributed by atoms with Crippen molar-refractivity contribution in [2.24, 2.45) is 0 Å². The second-order valence-corrected chi connectivity index (χ2v) is 13.9. The average molecular weight is 589 g/mol. The predicted octanol–water partition coefficient (Wildman–Crippen LogP) is 7.96. The number of carbonyl (C=O) groups excluding carboxylic acids is 1. The van der Waals surface area contributed by atoms with E-state index < -0.39 is 5.41 Å². The van der Waals surface area contributed by atoms with Crippen LogP contribution in [0.5, 0.6) is 0 Å². The van der Waals surface area contributed by atoms with Gasteiger partial charge in [-0.15, -0.1) is 0 Å². The quantitative estimate of drug-likeness (QED) is 0.171. The van der Waals surface area contributed by atoms with E-state index >= 15 is 0 Å². The van der Waals surface area contributed by atoms with E-state index in [1.807, 2.05) is 6.07 Å². The van der Waals surface area contributed by atoms with Crippen molar-refractivity contribution in [3.63, 3.8) is 0 Å². The molecule has 5 aromatic rings. The Morgan fingerprint density at radius 3 is 2.48 bits per heavy atom. The number of aromatic amines is 1. The molecule has 4 heterocycles. The lowest BCUT2D eigenvalue weighted by molar-refractivity contribution is -0.137. The number of rotatable bonds is 9. The monoisotopic (exact) mass is 588 g/mol. The summed E-state index contributed by atoms with van der Waals surface area (Å²) in [5.74, 6) is 0.535. The molecule has 6 nitrogen and oxygen atoms in total. The molecule has 0 aliphatic carbocycles. The van der Waals surface area contributed by atoms with Crippen molar-refractivity contribution < 1.29 is 9.21 Å². The van der Waals surface area contributed by atoms with Gasteiger partial charge in [-0.3, -0.25) is 4.79 Å². The van der Waals surface area contributed by atoms with Crippen LogP contribution in [0.2, 0.25) is 0 Å². The number of hydrogen-bond donors (Lipinski definition) is 2. The summed E-state index contributed by atoms with van der Waals surface area (Å²) in [6.45, 7) is 12.6. The van der Waals surface area contributed by atoms with E-state index in [0.29, 0.717) is 12.1 Å². The van der Waals surface area contributed by atoms with Crippen molar-refractivity contribution in [2.75, 3.05) is 13.1 Å². The second-order valence-electron chi connectivity index (χ2n) is 13.9. The zero-order valence-electron chi connectivity index (χ0n) is 26.7. The highest BCUT2D eigenvalue weighted by Crippen LogP contribution is 2.42. The molecule has 0 unspecified atom stereocenters. The number of carbonyl (C=O) groups is 1. The molecule has 0 radical (unpaired) electrons. The third-order valence-electron chi connectivity index (χ3n) is 10.2. The molecule has 2 aromatic heterocycles. The molecule has 1 atom stereocenters. The first-order chi connectivity index (χ1) is 21.2. The molecule has 6 heteroatoms. The van der Waals surface area contributed by atoms with Crippen molar-refractivity contribution in [2.45, 2.75) is 90.1 Å². The van der Waals surface area contributed by atoms with Crippen LogP contribution >= 0.6 is 0 Å². The molecule has 0 spiro atoms. The Balaban J connectivity index is 1.19. The van der Waals surface area contributed by atoms with E-state index in [-0.39, 0.29) is 11.8 Å². The van der Waals surface area contributed by atoms with E-state index in [4.69, 9.17) is 4.42 Å². The van der Waals surface area contributed by atoms with Crippen molar-refractivity contribution in [1.29, 1.82) is 0 Å². The molecular formula is C38H44N4O2. The van der Waals surface area contributed by atoms with Crippen LogP contribution in [0.3, 0.4) is 0 Å². The molecule has 228 valence electrons. The van der Waals surface area contributed by atoms with Crippen LogP contribution in [0.25, 0.3) is 33.3 Å². The van der Waals surface area contributed by atoms with Crippen LogP contribution in [0.15, 0.2) is 65.4 Å². The van der Waals surface area contributed by atoms with Gasteiger partial charge in [0.2, 0.25) is 5.91 Å². The highest BCUT2D eigenvalue weighted by Gasteiger charge is 2.47. The van der Waals surface area contributed by atoms with Crippen molar-refractivity contribution in [1.82, 2.24) is 20.2 Å². The molecule has 3 aromatic carbocycles. The van der Waals surface area contributed by atoms with E-state index in [1.54, 1.807) is 0 Å². The maximum absolute atomic E-state index is 14.0. The highest BCUT2D eigenvalue weighted by atomic mass is 16.3. The first kappa shape index (κ1) is 28.8. The Labute approximate surface area is 260 Å². The molecule has 1 amide bonds. The first-order valence-electron chi connectivity index (χ1n) is 16.3. The fourth-order valence-corrected chi connectivity index (χ4v) is 7.86. The lowest BCUT2D eigenvalue weighted by Gasteiger charge is -2.33. The minimum atomic E-state index is -0.583. The van der Waals surface area contributed by atoms with Gasteiger partial charge in [-0.05, 0) is 131 Å². The van der Waals surface area contributed by atoms with Gasteiger partial charge >= 0.3 is 0 Å². The van der Waals surface area contributed by atoms with Gasteiger partial charge in [0.1, 0.15) is 5.52 Å². The number of fused-ring (bicyclic) bond motifs is 4. The fraction of sp³-hybridized carbons (Fsp3) is 0.421. The van der Waals surface area contributed by atoms with E-state index in [2.05, 4.69) is 103 Å². The van der Waals surface area contributed by atoms with Crippen LogP contribution in [0.1, 0.15) is 80.2 Å². The minimum Gasteiger partial charge on any atom is -0.443 e. The van der Waals surface area contributed by atoms with Crippen molar-refractivity contribution in [3.8, 4) is 11.3 Å². The number of aromatic nitrogens is 2. The van der Waals surface area contributed by atoms with Crippen LogP contribution in [0.4, 0.5) is 0 Å². The molecule has 0 saturated carbocycles. The Morgan fingerprint density at radius 1 is 1.02 bits per heavy atom. The van der Waals surface area contributed by atoms with Crippen LogP contribution in [0, 0.1) is 13.8 Å². The normalized spacial score (nSPS) is 19.0. The topological polar surface area (TPSA) is 74.2 Å². The standard InChI is InChI=1S/C38H44N4O2/c1-23-16-24(2)18-27(17-23)36-35(25(3)21-39-15-14-26-6-13-34-33(19-26)40-22-44-34)31-20-28(7-12-32(31)41-36)38(4,5)37(43)42-29-8-9-30(42)11-10-29/h6-7,12-13,16-20,22,25,29-30,39,41H,8-11,14-15,21H2,1-5H3/t25-,29?,30?/m1/s1. The maximum atomic E-state index is 14.0. The van der Waals surface area contributed by atoms with Crippen molar-refractivity contribution in [3.05, 3.63) is 88.8 Å². The van der Waals surface area contributed by atoms with Gasteiger partial charge in [0.15, 0.2) is 12.0 Å². The minimum absolute atomic E-state index is 0.251. The van der Waals surface area contributed by atoms with E-state index in [1.165, 1.54) is 45.3 Å². The number of aryl methyl sites for hydroxylation is 2. The zero-order chi connectivity index (χ0) is 30.6. The van der Waals surface area contributed by atoms with Gasteiger partial charge in [0.25, 0.3) is 0 Å². The summed E-state index contributed by atoms with van der Waals surface area (Å²) >= 11 is 0. The maximum Gasteiger partial charge on any atom is 0.233 e. The molecule has 2 aliphatic rings. The number of nitrogens with one attached hydrogen (secondary N) is 2. The summed E-state index contributed by atoms with van der Waals surface area (Å²) in [5.41, 5.74) is 10.8. The Hall–Kier alpha value is -3.90. The summed E-state index contributed by atoms with van der Waals surface area (Å²) in [6, 6.07) is 20.5. The molecule has 2 bridgehead atoms. The smallest absolute Gasteiger partial charge is 0.233 e. The number of hydrogen-bond acceptors (Lipinski definition) is 4. The summed E-state index contributed by atoms with van der Waals surface area (Å²) in [5, 5.41) is 4.94. The Kier molecular flexibility index (Phi) is 7.36. The number of oxazole rings is 1. The van der Waals surface area contributed by atoms with E-state index in [0.717, 1.165) is 67.4 Å². The van der Waals surface area contributed by atoms with Gasteiger partial charge in [0.05, 0.1) is 11.1 Å². The number of nitrogens with zero attached hydrogens (tertiary/aromatic N) is 2. The first-order valence-corrected chi connectivity index (χ1v) is 16.3. The summed E-state index contributed by atoms with van der Waals surface area (Å²) in [4.78, 5) is 24.4. The fourth-order valence-electron chi connectivity index (χ4n) is 7.86. The van der Waals surface area contributed by atoms with Crippen LogP contribution < -0.4 is 5.32 Å². The SMILES string of the molecule is Cc1cc(C)cc(-c2[nH]c3ccc(C(C)(C)C(=O)N4C5CCC4CC5)cc3c2[C@H](C)CNCCc2ccc3ocnc3c2)c1. The molecule has 2 aliphatic heterocycles.